The molecule has 0 atom stereocenters. The smallest absolute Gasteiger partial charge is 0.334 e. The molecule has 2 fully saturated rings. The van der Waals surface area contributed by atoms with Gasteiger partial charge in [0.05, 0.1) is 12.8 Å². The van der Waals surface area contributed by atoms with Crippen molar-refractivity contribution in [2.24, 2.45) is 0 Å². The molecule has 1 saturated heterocycles. The first-order valence-electron chi connectivity index (χ1n) is 9.26. The van der Waals surface area contributed by atoms with Gasteiger partial charge < -0.3 is 15.4 Å². The molecular weight excluding hydrogens is 380 g/mol. The van der Waals surface area contributed by atoms with Crippen molar-refractivity contribution in [3.8, 4) is 5.75 Å². The predicted octanol–water partition coefficient (Wildman–Crippen LogP) is 1.33. The Balaban J connectivity index is 1.72. The summed E-state index contributed by atoms with van der Waals surface area (Å²) in [6.07, 6.45) is 3.11. The summed E-state index contributed by atoms with van der Waals surface area (Å²) in [6, 6.07) is 3.59. The SMILES string of the molecule is COc1ccc(NC(C)=O)cc1NC(=O)CN1C(=O)C(=O)N(C2CCCC2)C1=O. The van der Waals surface area contributed by atoms with Crippen molar-refractivity contribution in [1.29, 1.82) is 0 Å². The zero-order chi connectivity index (χ0) is 21.1. The molecule has 10 heteroatoms. The molecule has 29 heavy (non-hydrogen) atoms. The molecule has 1 heterocycles. The van der Waals surface area contributed by atoms with Gasteiger partial charge in [0.2, 0.25) is 11.8 Å². The minimum absolute atomic E-state index is 0.252. The van der Waals surface area contributed by atoms with Gasteiger partial charge in [-0.3, -0.25) is 24.1 Å². The summed E-state index contributed by atoms with van der Waals surface area (Å²) < 4.78 is 5.18. The summed E-state index contributed by atoms with van der Waals surface area (Å²) >= 11 is 0. The first kappa shape index (κ1) is 20.3. The highest BCUT2D eigenvalue weighted by Gasteiger charge is 2.48. The van der Waals surface area contributed by atoms with Crippen molar-refractivity contribution < 1.29 is 28.7 Å². The third kappa shape index (κ3) is 4.20. The number of carbonyl (C=O) groups is 5. The number of methoxy groups -OCH3 is 1. The molecular formula is C19H22N4O6. The van der Waals surface area contributed by atoms with Gasteiger partial charge in [-0.15, -0.1) is 0 Å². The Hall–Kier alpha value is -3.43. The summed E-state index contributed by atoms with van der Waals surface area (Å²) in [5.41, 5.74) is 0.686. The van der Waals surface area contributed by atoms with Gasteiger partial charge in [-0.2, -0.15) is 0 Å². The normalized spacial score (nSPS) is 17.1. The molecule has 1 aromatic rings. The van der Waals surface area contributed by atoms with Crippen LogP contribution in [-0.2, 0) is 19.2 Å². The Morgan fingerprint density at radius 1 is 1.10 bits per heavy atom. The van der Waals surface area contributed by atoms with Gasteiger partial charge in [0.15, 0.2) is 0 Å². The number of nitrogens with one attached hydrogen (secondary N) is 2. The molecule has 154 valence electrons. The minimum Gasteiger partial charge on any atom is -0.495 e. The maximum absolute atomic E-state index is 12.6. The van der Waals surface area contributed by atoms with Gasteiger partial charge in [0, 0.05) is 18.7 Å². The average molecular weight is 402 g/mol. The largest absolute Gasteiger partial charge is 0.495 e. The fourth-order valence-electron chi connectivity index (χ4n) is 3.57. The van der Waals surface area contributed by atoms with E-state index in [1.165, 1.54) is 20.1 Å². The van der Waals surface area contributed by atoms with Gasteiger partial charge >= 0.3 is 17.8 Å². The summed E-state index contributed by atoms with van der Waals surface area (Å²) in [5.74, 6) is -2.52. The molecule has 0 radical (unpaired) electrons. The number of hydrogen-bond donors (Lipinski definition) is 2. The third-order valence-corrected chi connectivity index (χ3v) is 4.87. The van der Waals surface area contributed by atoms with E-state index >= 15 is 0 Å². The Labute approximate surface area is 167 Å². The van der Waals surface area contributed by atoms with E-state index in [9.17, 15) is 24.0 Å². The lowest BCUT2D eigenvalue weighted by Crippen LogP contribution is -2.41. The first-order valence-corrected chi connectivity index (χ1v) is 9.26. The monoisotopic (exact) mass is 402 g/mol. The number of hydrogen-bond acceptors (Lipinski definition) is 6. The lowest BCUT2D eigenvalue weighted by Gasteiger charge is -2.21. The fraction of sp³-hybridized carbons (Fsp3) is 0.421. The van der Waals surface area contributed by atoms with E-state index in [4.69, 9.17) is 4.74 Å². The Bertz CT molecular complexity index is 877. The molecule has 1 aliphatic heterocycles. The lowest BCUT2D eigenvalue weighted by molar-refractivity contribution is -0.144. The number of amides is 6. The maximum Gasteiger partial charge on any atom is 0.334 e. The summed E-state index contributed by atoms with van der Waals surface area (Å²) in [7, 11) is 1.41. The Kier molecular flexibility index (Phi) is 5.81. The van der Waals surface area contributed by atoms with Gasteiger partial charge in [-0.25, -0.2) is 9.69 Å². The number of anilines is 2. The van der Waals surface area contributed by atoms with Crippen LogP contribution in [-0.4, -0.2) is 59.2 Å². The molecule has 1 saturated carbocycles. The molecule has 0 unspecified atom stereocenters. The molecule has 0 bridgehead atoms. The standard InChI is InChI=1S/C19H22N4O6/c1-11(24)20-12-7-8-15(29-2)14(9-12)21-16(25)10-22-17(26)18(27)23(19(22)28)13-5-3-4-6-13/h7-9,13H,3-6,10H2,1-2H3,(H,20,24)(H,21,25). The molecule has 10 nitrogen and oxygen atoms in total. The van der Waals surface area contributed by atoms with Crippen molar-refractivity contribution in [3.63, 3.8) is 0 Å². The minimum atomic E-state index is -1.00. The molecule has 0 spiro atoms. The third-order valence-electron chi connectivity index (χ3n) is 4.87. The van der Waals surface area contributed by atoms with E-state index in [0.29, 0.717) is 29.2 Å². The molecule has 6 amide bonds. The van der Waals surface area contributed by atoms with Crippen molar-refractivity contribution in [3.05, 3.63) is 18.2 Å². The number of imide groups is 2. The van der Waals surface area contributed by atoms with Gasteiger partial charge in [-0.1, -0.05) is 12.8 Å². The quantitative estimate of drug-likeness (QED) is 0.546. The highest BCUT2D eigenvalue weighted by atomic mass is 16.5. The van der Waals surface area contributed by atoms with Crippen LogP contribution >= 0.6 is 0 Å². The van der Waals surface area contributed by atoms with Crippen LogP contribution in [0, 0.1) is 0 Å². The molecule has 3 rings (SSSR count). The maximum atomic E-state index is 12.6. The summed E-state index contributed by atoms with van der Waals surface area (Å²) in [5, 5.41) is 5.14. The second-order valence-electron chi connectivity index (χ2n) is 6.93. The molecule has 2 aliphatic rings. The van der Waals surface area contributed by atoms with Crippen LogP contribution in [0.25, 0.3) is 0 Å². The fourth-order valence-corrected chi connectivity index (χ4v) is 3.57. The van der Waals surface area contributed by atoms with Crippen LogP contribution in [0.1, 0.15) is 32.6 Å². The molecule has 1 aromatic carbocycles. The summed E-state index contributed by atoms with van der Waals surface area (Å²) in [6.45, 7) is 0.750. The van der Waals surface area contributed by atoms with E-state index in [1.54, 1.807) is 12.1 Å². The molecule has 1 aliphatic carbocycles. The van der Waals surface area contributed by atoms with E-state index in [-0.39, 0.29) is 17.6 Å². The number of rotatable bonds is 6. The zero-order valence-corrected chi connectivity index (χ0v) is 16.2. The lowest BCUT2D eigenvalue weighted by atomic mass is 10.2. The van der Waals surface area contributed by atoms with Gasteiger partial charge in [0.25, 0.3) is 0 Å². The predicted molar refractivity (Wildman–Crippen MR) is 102 cm³/mol. The second-order valence-corrected chi connectivity index (χ2v) is 6.93. The van der Waals surface area contributed by atoms with Crippen molar-refractivity contribution in [2.75, 3.05) is 24.3 Å². The Morgan fingerprint density at radius 2 is 1.79 bits per heavy atom. The van der Waals surface area contributed by atoms with Crippen LogP contribution in [0.15, 0.2) is 18.2 Å². The summed E-state index contributed by atoms with van der Waals surface area (Å²) in [4.78, 5) is 62.3. The number of nitrogens with zero attached hydrogens (tertiary/aromatic N) is 2. The van der Waals surface area contributed by atoms with E-state index < -0.39 is 30.3 Å². The second kappa shape index (κ2) is 8.29. The number of carbonyl (C=O) groups excluding carboxylic acids is 5. The van der Waals surface area contributed by atoms with E-state index in [1.807, 2.05) is 0 Å². The molecule has 2 N–H and O–H groups in total. The first-order chi connectivity index (χ1) is 13.8. The topological polar surface area (TPSA) is 125 Å². The molecule has 0 aromatic heterocycles. The van der Waals surface area contributed by atoms with Gasteiger partial charge in [0.1, 0.15) is 12.3 Å². The van der Waals surface area contributed by atoms with Crippen LogP contribution in [0.3, 0.4) is 0 Å². The van der Waals surface area contributed by atoms with E-state index in [2.05, 4.69) is 10.6 Å². The zero-order valence-electron chi connectivity index (χ0n) is 16.2. The van der Waals surface area contributed by atoms with Crippen LogP contribution in [0.4, 0.5) is 16.2 Å². The van der Waals surface area contributed by atoms with Crippen LogP contribution in [0.2, 0.25) is 0 Å². The van der Waals surface area contributed by atoms with Crippen LogP contribution in [0.5, 0.6) is 5.75 Å². The van der Waals surface area contributed by atoms with Crippen LogP contribution < -0.4 is 15.4 Å². The van der Waals surface area contributed by atoms with Crippen molar-refractivity contribution in [1.82, 2.24) is 9.80 Å². The number of ether oxygens (including phenoxy) is 1. The van der Waals surface area contributed by atoms with Crippen molar-refractivity contribution in [2.45, 2.75) is 38.6 Å². The highest BCUT2D eigenvalue weighted by Crippen LogP contribution is 2.29. The average Bonchev–Trinajstić information content (AvgIpc) is 3.25. The number of benzene rings is 1. The number of urea groups is 1. The van der Waals surface area contributed by atoms with Gasteiger partial charge in [-0.05, 0) is 31.0 Å². The van der Waals surface area contributed by atoms with Crippen molar-refractivity contribution >= 4 is 41.0 Å². The Morgan fingerprint density at radius 3 is 2.41 bits per heavy atom. The van der Waals surface area contributed by atoms with E-state index in [0.717, 1.165) is 17.7 Å². The highest BCUT2D eigenvalue weighted by molar-refractivity contribution is 6.45.